The zero-order valence-corrected chi connectivity index (χ0v) is 17.4. The molecule has 0 atom stereocenters. The first-order chi connectivity index (χ1) is 16.2. The van der Waals surface area contributed by atoms with Crippen molar-refractivity contribution in [2.24, 2.45) is 0 Å². The summed E-state index contributed by atoms with van der Waals surface area (Å²) in [4.78, 5) is 21.2. The molecular weight excluding hydrogens is 421 g/mol. The maximum atomic E-state index is 14.5. The highest BCUT2D eigenvalue weighted by molar-refractivity contribution is 5.95. The first-order valence-corrected chi connectivity index (χ1v) is 10.2. The minimum Gasteiger partial charge on any atom is -0.495 e. The number of aromatic amines is 2. The summed E-state index contributed by atoms with van der Waals surface area (Å²) >= 11 is 0. The molecule has 0 fully saturated rings. The Morgan fingerprint density at radius 1 is 0.970 bits per heavy atom. The van der Waals surface area contributed by atoms with Crippen LogP contribution in [-0.2, 0) is 0 Å². The van der Waals surface area contributed by atoms with E-state index in [1.165, 1.54) is 6.07 Å². The van der Waals surface area contributed by atoms with Crippen molar-refractivity contribution in [2.45, 2.75) is 0 Å². The van der Waals surface area contributed by atoms with E-state index in [-0.39, 0.29) is 5.82 Å². The smallest absolute Gasteiger partial charge is 0.178 e. The average Bonchev–Trinajstić information content (AvgIpc) is 3.48. The standard InChI is InChI=1S/C24H16FN7O/c1-33-14-10-13(11-26-12-14)18-6-7-19-21(28-18)22(32-31-19)24-29-20-16(8-9-27-23(20)30-24)15-4-2-3-5-17(15)25/h2-12H,1H3,(H,31,32)(H,27,29,30). The predicted octanol–water partition coefficient (Wildman–Crippen LogP) is 4.77. The Balaban J connectivity index is 1.50. The van der Waals surface area contributed by atoms with E-state index in [9.17, 15) is 4.39 Å². The second-order valence-corrected chi connectivity index (χ2v) is 7.40. The second-order valence-electron chi connectivity index (χ2n) is 7.40. The summed E-state index contributed by atoms with van der Waals surface area (Å²) in [5, 5.41) is 7.42. The Morgan fingerprint density at radius 3 is 2.76 bits per heavy atom. The Kier molecular flexibility index (Phi) is 4.32. The number of halogens is 1. The molecule has 0 aliphatic carbocycles. The monoisotopic (exact) mass is 437 g/mol. The summed E-state index contributed by atoms with van der Waals surface area (Å²) in [5.74, 6) is 0.816. The van der Waals surface area contributed by atoms with Crippen LogP contribution >= 0.6 is 0 Å². The summed E-state index contributed by atoms with van der Waals surface area (Å²) in [7, 11) is 1.59. The van der Waals surface area contributed by atoms with Crippen molar-refractivity contribution in [2.75, 3.05) is 7.11 Å². The number of rotatable bonds is 4. The number of fused-ring (bicyclic) bond motifs is 2. The summed E-state index contributed by atoms with van der Waals surface area (Å²) in [6.45, 7) is 0. The minimum absolute atomic E-state index is 0.315. The van der Waals surface area contributed by atoms with Gasteiger partial charge < -0.3 is 9.72 Å². The quantitative estimate of drug-likeness (QED) is 0.411. The Labute approximate surface area is 186 Å². The molecule has 0 aliphatic heterocycles. The maximum Gasteiger partial charge on any atom is 0.178 e. The Hall–Kier alpha value is -4.66. The van der Waals surface area contributed by atoms with E-state index >= 15 is 0 Å². The molecule has 5 heterocycles. The van der Waals surface area contributed by atoms with Gasteiger partial charge in [-0.3, -0.25) is 10.1 Å². The van der Waals surface area contributed by atoms with Crippen LogP contribution in [-0.4, -0.2) is 42.2 Å². The normalized spacial score (nSPS) is 11.3. The number of benzene rings is 1. The van der Waals surface area contributed by atoms with Gasteiger partial charge in [0, 0.05) is 29.1 Å². The molecule has 0 radical (unpaired) electrons. The van der Waals surface area contributed by atoms with Gasteiger partial charge in [0.1, 0.15) is 17.1 Å². The average molecular weight is 437 g/mol. The highest BCUT2D eigenvalue weighted by Gasteiger charge is 2.18. The Bertz CT molecular complexity index is 1640. The van der Waals surface area contributed by atoms with Crippen molar-refractivity contribution in [3.63, 3.8) is 0 Å². The minimum atomic E-state index is -0.315. The molecule has 0 unspecified atom stereocenters. The molecule has 0 spiro atoms. The molecule has 33 heavy (non-hydrogen) atoms. The third-order valence-electron chi connectivity index (χ3n) is 5.43. The molecule has 0 saturated heterocycles. The number of nitrogens with zero attached hydrogens (tertiary/aromatic N) is 5. The van der Waals surface area contributed by atoms with Gasteiger partial charge in [-0.15, -0.1) is 0 Å². The van der Waals surface area contributed by atoms with Crippen LogP contribution < -0.4 is 4.74 Å². The van der Waals surface area contributed by atoms with Crippen LogP contribution in [0.15, 0.2) is 67.1 Å². The van der Waals surface area contributed by atoms with E-state index in [1.54, 1.807) is 50.0 Å². The summed E-state index contributed by atoms with van der Waals surface area (Å²) in [5.41, 5.74) is 5.71. The van der Waals surface area contributed by atoms with Gasteiger partial charge in [-0.25, -0.2) is 19.3 Å². The van der Waals surface area contributed by atoms with Crippen LogP contribution in [0.4, 0.5) is 4.39 Å². The predicted molar refractivity (Wildman–Crippen MR) is 122 cm³/mol. The molecule has 6 aromatic rings. The summed E-state index contributed by atoms with van der Waals surface area (Å²) in [6, 6.07) is 14.0. The van der Waals surface area contributed by atoms with Crippen LogP contribution in [0, 0.1) is 5.82 Å². The number of nitrogens with one attached hydrogen (secondary N) is 2. The van der Waals surface area contributed by atoms with E-state index in [1.807, 2.05) is 18.2 Å². The lowest BCUT2D eigenvalue weighted by atomic mass is 10.1. The van der Waals surface area contributed by atoms with Gasteiger partial charge in [-0.1, -0.05) is 18.2 Å². The van der Waals surface area contributed by atoms with E-state index in [2.05, 4.69) is 30.1 Å². The lowest BCUT2D eigenvalue weighted by Gasteiger charge is -2.04. The summed E-state index contributed by atoms with van der Waals surface area (Å²) in [6.07, 6.45) is 4.98. The molecule has 1 aromatic carbocycles. The van der Waals surface area contributed by atoms with E-state index in [0.29, 0.717) is 45.1 Å². The molecule has 8 nitrogen and oxygen atoms in total. The van der Waals surface area contributed by atoms with Crippen molar-refractivity contribution >= 4 is 22.2 Å². The molecule has 160 valence electrons. The molecular formula is C24H16FN7O. The second kappa shape index (κ2) is 7.49. The van der Waals surface area contributed by atoms with Gasteiger partial charge in [0.25, 0.3) is 0 Å². The zero-order chi connectivity index (χ0) is 22.4. The third kappa shape index (κ3) is 3.18. The highest BCUT2D eigenvalue weighted by Crippen LogP contribution is 2.32. The molecule has 6 rings (SSSR count). The number of H-pyrrole nitrogens is 2. The van der Waals surface area contributed by atoms with E-state index < -0.39 is 0 Å². The van der Waals surface area contributed by atoms with E-state index in [4.69, 9.17) is 9.72 Å². The number of pyridine rings is 3. The molecule has 9 heteroatoms. The molecule has 0 amide bonds. The number of imidazole rings is 1. The topological polar surface area (TPSA) is 105 Å². The fourth-order valence-corrected chi connectivity index (χ4v) is 3.82. The number of hydrogen-bond donors (Lipinski definition) is 2. The first-order valence-electron chi connectivity index (χ1n) is 10.2. The van der Waals surface area contributed by atoms with Crippen LogP contribution in [0.5, 0.6) is 5.75 Å². The largest absolute Gasteiger partial charge is 0.495 e. The Morgan fingerprint density at radius 2 is 1.88 bits per heavy atom. The lowest BCUT2D eigenvalue weighted by Crippen LogP contribution is -1.89. The fraction of sp³-hybridized carbons (Fsp3) is 0.0417. The van der Waals surface area contributed by atoms with Crippen LogP contribution in [0.2, 0.25) is 0 Å². The molecule has 5 aromatic heterocycles. The van der Waals surface area contributed by atoms with Gasteiger partial charge in [-0.2, -0.15) is 5.10 Å². The van der Waals surface area contributed by atoms with Crippen LogP contribution in [0.3, 0.4) is 0 Å². The number of hydrogen-bond acceptors (Lipinski definition) is 6. The number of methoxy groups -OCH3 is 1. The SMILES string of the molecule is COc1cncc(-c2ccc3[nH]nc(-c4nc5nccc(-c6ccccc6F)c5[nH]4)c3n2)c1. The zero-order valence-electron chi connectivity index (χ0n) is 17.4. The number of aromatic nitrogens is 7. The first kappa shape index (κ1) is 19.1. The van der Waals surface area contributed by atoms with Crippen LogP contribution in [0.25, 0.3) is 56.1 Å². The van der Waals surface area contributed by atoms with Crippen LogP contribution in [0.1, 0.15) is 0 Å². The van der Waals surface area contributed by atoms with Gasteiger partial charge in [-0.05, 0) is 30.3 Å². The van der Waals surface area contributed by atoms with Gasteiger partial charge in [0.15, 0.2) is 17.2 Å². The van der Waals surface area contributed by atoms with Gasteiger partial charge in [0.2, 0.25) is 0 Å². The molecule has 0 aliphatic rings. The van der Waals surface area contributed by atoms with Gasteiger partial charge >= 0.3 is 0 Å². The van der Waals surface area contributed by atoms with Crippen molar-refractivity contribution in [3.8, 4) is 39.7 Å². The lowest BCUT2D eigenvalue weighted by molar-refractivity contribution is 0.413. The van der Waals surface area contributed by atoms with Crippen molar-refractivity contribution < 1.29 is 9.13 Å². The van der Waals surface area contributed by atoms with Crippen molar-refractivity contribution in [3.05, 3.63) is 72.9 Å². The van der Waals surface area contributed by atoms with Gasteiger partial charge in [0.05, 0.1) is 30.0 Å². The third-order valence-corrected chi connectivity index (χ3v) is 5.43. The molecule has 0 saturated carbocycles. The van der Waals surface area contributed by atoms with Crippen molar-refractivity contribution in [1.29, 1.82) is 0 Å². The highest BCUT2D eigenvalue weighted by atomic mass is 19.1. The molecule has 0 bridgehead atoms. The number of ether oxygens (including phenoxy) is 1. The summed E-state index contributed by atoms with van der Waals surface area (Å²) < 4.78 is 19.7. The molecule has 2 N–H and O–H groups in total. The maximum absolute atomic E-state index is 14.5. The van der Waals surface area contributed by atoms with E-state index in [0.717, 1.165) is 16.8 Å². The van der Waals surface area contributed by atoms with Crippen molar-refractivity contribution in [1.82, 2.24) is 35.1 Å². The fourth-order valence-electron chi connectivity index (χ4n) is 3.82.